The Hall–Kier alpha value is -1.81. The molecule has 0 aliphatic rings. The van der Waals surface area contributed by atoms with Crippen molar-refractivity contribution in [1.29, 1.82) is 0 Å². The van der Waals surface area contributed by atoms with E-state index in [1.165, 1.54) is 0 Å². The topological polar surface area (TPSA) is 48.3 Å². The number of nitrogens with zero attached hydrogens (tertiary/aromatic N) is 1. The molecule has 0 amide bonds. The Bertz CT molecular complexity index is 734. The Kier molecular flexibility index (Phi) is 4.14. The summed E-state index contributed by atoms with van der Waals surface area (Å²) < 4.78 is 6.80. The normalized spacial score (nSPS) is 10.8. The largest absolute Gasteiger partial charge is 0.462 e. The van der Waals surface area contributed by atoms with Gasteiger partial charge in [-0.1, -0.05) is 11.6 Å². The summed E-state index contributed by atoms with van der Waals surface area (Å²) in [4.78, 5) is 24.3. The molecule has 2 aromatic rings. The van der Waals surface area contributed by atoms with Gasteiger partial charge in [-0.25, -0.2) is 4.79 Å². The molecular weight excluding hydrogens is 278 g/mol. The number of carbonyl (C=O) groups is 1. The first kappa shape index (κ1) is 14.6. The molecule has 5 heteroatoms. The van der Waals surface area contributed by atoms with E-state index in [9.17, 15) is 9.59 Å². The Morgan fingerprint density at radius 3 is 2.65 bits per heavy atom. The maximum Gasteiger partial charge on any atom is 0.343 e. The number of rotatable bonds is 3. The summed E-state index contributed by atoms with van der Waals surface area (Å²) in [7, 11) is 0. The average Bonchev–Trinajstić information content (AvgIpc) is 2.39. The zero-order valence-electron chi connectivity index (χ0n) is 11.7. The lowest BCUT2D eigenvalue weighted by Gasteiger charge is -2.13. The maximum atomic E-state index is 12.4. The van der Waals surface area contributed by atoms with Gasteiger partial charge in [-0.2, -0.15) is 0 Å². The molecule has 4 nitrogen and oxygen atoms in total. The molecule has 0 atom stereocenters. The molecule has 0 radical (unpaired) electrons. The van der Waals surface area contributed by atoms with E-state index in [0.29, 0.717) is 17.0 Å². The molecule has 2 rings (SSSR count). The van der Waals surface area contributed by atoms with Gasteiger partial charge in [0, 0.05) is 23.2 Å². The van der Waals surface area contributed by atoms with Crippen molar-refractivity contribution in [2.75, 3.05) is 6.61 Å². The number of aromatic nitrogens is 1. The smallest absolute Gasteiger partial charge is 0.343 e. The van der Waals surface area contributed by atoms with Crippen molar-refractivity contribution in [2.45, 2.75) is 27.3 Å². The first-order chi connectivity index (χ1) is 9.49. The lowest BCUT2D eigenvalue weighted by molar-refractivity contribution is 0.0524. The third-order valence-corrected chi connectivity index (χ3v) is 3.38. The highest BCUT2D eigenvalue weighted by molar-refractivity contribution is 6.31. The van der Waals surface area contributed by atoms with Gasteiger partial charge >= 0.3 is 5.97 Å². The Morgan fingerprint density at radius 1 is 1.35 bits per heavy atom. The van der Waals surface area contributed by atoms with Crippen LogP contribution in [0.4, 0.5) is 0 Å². The average molecular weight is 294 g/mol. The number of halogens is 1. The van der Waals surface area contributed by atoms with E-state index < -0.39 is 5.97 Å². The van der Waals surface area contributed by atoms with Crippen LogP contribution in [0.5, 0.6) is 0 Å². The standard InChI is InChI=1S/C15H16ClNO3/c1-4-17-8-12(15(19)20-5-2)14(18)11-7-10(16)6-9(3)13(11)17/h6-8H,4-5H2,1-3H3. The second-order valence-corrected chi connectivity index (χ2v) is 4.93. The minimum atomic E-state index is -0.598. The van der Waals surface area contributed by atoms with Gasteiger partial charge in [0.05, 0.1) is 12.1 Å². The SMILES string of the molecule is CCOC(=O)c1cn(CC)c2c(C)cc(Cl)cc2c1=O. The number of hydrogen-bond donors (Lipinski definition) is 0. The Labute approximate surface area is 121 Å². The molecule has 0 spiro atoms. The number of carbonyl (C=O) groups excluding carboxylic acids is 1. The number of ether oxygens (including phenoxy) is 1. The number of pyridine rings is 1. The second-order valence-electron chi connectivity index (χ2n) is 4.50. The number of benzene rings is 1. The van der Waals surface area contributed by atoms with E-state index in [2.05, 4.69) is 0 Å². The van der Waals surface area contributed by atoms with Crippen molar-refractivity contribution in [3.63, 3.8) is 0 Å². The monoisotopic (exact) mass is 293 g/mol. The first-order valence-corrected chi connectivity index (χ1v) is 6.87. The summed E-state index contributed by atoms with van der Waals surface area (Å²) in [5.41, 5.74) is 1.41. The molecule has 106 valence electrons. The van der Waals surface area contributed by atoms with Crippen LogP contribution in [0.1, 0.15) is 29.8 Å². The van der Waals surface area contributed by atoms with E-state index >= 15 is 0 Å². The minimum Gasteiger partial charge on any atom is -0.462 e. The van der Waals surface area contributed by atoms with Crippen LogP contribution >= 0.6 is 11.6 Å². The number of aryl methyl sites for hydroxylation is 2. The third kappa shape index (κ3) is 2.43. The van der Waals surface area contributed by atoms with Crippen molar-refractivity contribution in [3.8, 4) is 0 Å². The molecule has 0 fully saturated rings. The summed E-state index contributed by atoms with van der Waals surface area (Å²) in [5, 5.41) is 0.929. The van der Waals surface area contributed by atoms with Crippen LogP contribution in [-0.2, 0) is 11.3 Å². The van der Waals surface area contributed by atoms with Crippen molar-refractivity contribution < 1.29 is 9.53 Å². The fourth-order valence-corrected chi connectivity index (χ4v) is 2.59. The predicted octanol–water partition coefficient (Wildman–Crippen LogP) is 3.16. The lowest BCUT2D eigenvalue weighted by atomic mass is 10.1. The number of fused-ring (bicyclic) bond motifs is 1. The predicted molar refractivity (Wildman–Crippen MR) is 79.6 cm³/mol. The molecule has 1 heterocycles. The van der Waals surface area contributed by atoms with Gasteiger partial charge in [-0.15, -0.1) is 0 Å². The van der Waals surface area contributed by atoms with Gasteiger partial charge < -0.3 is 9.30 Å². The van der Waals surface area contributed by atoms with E-state index in [1.54, 1.807) is 25.3 Å². The third-order valence-electron chi connectivity index (χ3n) is 3.16. The van der Waals surface area contributed by atoms with E-state index in [0.717, 1.165) is 11.1 Å². The molecule has 0 bridgehead atoms. The summed E-state index contributed by atoms with van der Waals surface area (Å²) in [6.45, 7) is 6.43. The number of hydrogen-bond acceptors (Lipinski definition) is 3. The van der Waals surface area contributed by atoms with Crippen LogP contribution in [0.3, 0.4) is 0 Å². The van der Waals surface area contributed by atoms with Crippen molar-refractivity contribution in [1.82, 2.24) is 4.57 Å². The van der Waals surface area contributed by atoms with E-state index in [-0.39, 0.29) is 17.6 Å². The lowest BCUT2D eigenvalue weighted by Crippen LogP contribution is -2.21. The van der Waals surface area contributed by atoms with Gasteiger partial charge in [-0.3, -0.25) is 4.79 Å². The Morgan fingerprint density at radius 2 is 2.05 bits per heavy atom. The van der Waals surface area contributed by atoms with E-state index in [4.69, 9.17) is 16.3 Å². The number of esters is 1. The highest BCUT2D eigenvalue weighted by Crippen LogP contribution is 2.22. The van der Waals surface area contributed by atoms with Gasteiger partial charge in [0.25, 0.3) is 0 Å². The van der Waals surface area contributed by atoms with Gasteiger partial charge in [0.1, 0.15) is 5.56 Å². The molecular formula is C15H16ClNO3. The van der Waals surface area contributed by atoms with Crippen molar-refractivity contribution in [3.05, 3.63) is 44.7 Å². The summed E-state index contributed by atoms with van der Waals surface area (Å²) in [5.74, 6) is -0.598. The van der Waals surface area contributed by atoms with Crippen LogP contribution < -0.4 is 5.43 Å². The van der Waals surface area contributed by atoms with Crippen LogP contribution in [0.2, 0.25) is 5.02 Å². The molecule has 0 saturated heterocycles. The maximum absolute atomic E-state index is 12.4. The van der Waals surface area contributed by atoms with Crippen LogP contribution in [0, 0.1) is 6.92 Å². The highest BCUT2D eigenvalue weighted by atomic mass is 35.5. The fraction of sp³-hybridized carbons (Fsp3) is 0.333. The van der Waals surface area contributed by atoms with Gasteiger partial charge in [0.2, 0.25) is 5.43 Å². The molecule has 0 N–H and O–H groups in total. The van der Waals surface area contributed by atoms with Crippen LogP contribution in [-0.4, -0.2) is 17.1 Å². The van der Waals surface area contributed by atoms with Crippen molar-refractivity contribution in [2.24, 2.45) is 0 Å². The van der Waals surface area contributed by atoms with Crippen molar-refractivity contribution >= 4 is 28.5 Å². The zero-order valence-corrected chi connectivity index (χ0v) is 12.5. The fourth-order valence-electron chi connectivity index (χ4n) is 2.32. The molecule has 0 aliphatic carbocycles. The zero-order chi connectivity index (χ0) is 14.9. The molecule has 0 unspecified atom stereocenters. The van der Waals surface area contributed by atoms with Crippen LogP contribution in [0.15, 0.2) is 23.1 Å². The molecule has 1 aromatic carbocycles. The Balaban J connectivity index is 2.85. The van der Waals surface area contributed by atoms with E-state index in [1.807, 2.05) is 18.4 Å². The molecule has 1 aromatic heterocycles. The summed E-state index contributed by atoms with van der Waals surface area (Å²) in [6, 6.07) is 3.40. The van der Waals surface area contributed by atoms with Gasteiger partial charge in [0.15, 0.2) is 0 Å². The van der Waals surface area contributed by atoms with Gasteiger partial charge in [-0.05, 0) is 38.5 Å². The van der Waals surface area contributed by atoms with Crippen LogP contribution in [0.25, 0.3) is 10.9 Å². The summed E-state index contributed by atoms with van der Waals surface area (Å²) in [6.07, 6.45) is 1.56. The first-order valence-electron chi connectivity index (χ1n) is 6.50. The molecule has 0 aliphatic heterocycles. The molecule has 20 heavy (non-hydrogen) atoms. The molecule has 0 saturated carbocycles. The second kappa shape index (κ2) is 5.67. The minimum absolute atomic E-state index is 0.0443. The highest BCUT2D eigenvalue weighted by Gasteiger charge is 2.17. The quantitative estimate of drug-likeness (QED) is 0.817. The summed E-state index contributed by atoms with van der Waals surface area (Å²) >= 11 is 6.02.